The summed E-state index contributed by atoms with van der Waals surface area (Å²) in [6, 6.07) is 6.30. The maximum absolute atomic E-state index is 13.1. The maximum Gasteiger partial charge on any atom is 0.255 e. The summed E-state index contributed by atoms with van der Waals surface area (Å²) < 4.78 is 0. The number of carbonyl (C=O) groups excluding carboxylic acids is 3. The van der Waals surface area contributed by atoms with Gasteiger partial charge in [-0.05, 0) is 74.8 Å². The average Bonchev–Trinajstić information content (AvgIpc) is 3.11. The van der Waals surface area contributed by atoms with Crippen LogP contribution in [0.2, 0.25) is 0 Å². The van der Waals surface area contributed by atoms with Crippen molar-refractivity contribution < 1.29 is 14.4 Å². The van der Waals surface area contributed by atoms with Gasteiger partial charge in [-0.3, -0.25) is 24.6 Å². The van der Waals surface area contributed by atoms with Gasteiger partial charge in [0.15, 0.2) is 0 Å². The normalized spacial score (nSPS) is 29.7. The molecule has 1 aromatic rings. The van der Waals surface area contributed by atoms with Crippen LogP contribution in [0.5, 0.6) is 0 Å². The number of piperidine rings is 3. The number of carbonyl (C=O) groups is 3. The Morgan fingerprint density at radius 2 is 1.94 bits per heavy atom. The summed E-state index contributed by atoms with van der Waals surface area (Å²) in [5.74, 6) is 0.0259. The van der Waals surface area contributed by atoms with Gasteiger partial charge in [-0.15, -0.1) is 0 Å². The Morgan fingerprint density at radius 3 is 2.74 bits per heavy atom. The molecule has 0 aromatic heterocycles. The standard InChI is InChI=1S/C24H32N4O3/c29-22-9-8-21(23(30)26-22)28-15-18-7-6-16(12-19(18)24(28)31)14-27-11-2-1-5-20(27)17-4-3-10-25-13-17/h6-7,12,17,20-21,25H,1-5,8-11,13-15H2,(H,26,29,30). The van der Waals surface area contributed by atoms with Gasteiger partial charge in [0.25, 0.3) is 5.91 Å². The molecular formula is C24H32N4O3. The molecule has 2 N–H and O–H groups in total. The SMILES string of the molecule is O=C1CCC(N2Cc3ccc(CN4CCCCC4C4CCCNC4)cc3C2=O)C(=O)N1. The van der Waals surface area contributed by atoms with Crippen LogP contribution in [0, 0.1) is 5.92 Å². The van der Waals surface area contributed by atoms with Crippen LogP contribution in [0.3, 0.4) is 0 Å². The van der Waals surface area contributed by atoms with Gasteiger partial charge in [-0.2, -0.15) is 0 Å². The number of benzene rings is 1. The van der Waals surface area contributed by atoms with Gasteiger partial charge in [0.1, 0.15) is 6.04 Å². The predicted molar refractivity (Wildman–Crippen MR) is 116 cm³/mol. The van der Waals surface area contributed by atoms with Gasteiger partial charge in [0.05, 0.1) is 0 Å². The minimum atomic E-state index is -0.550. The third-order valence-corrected chi connectivity index (χ3v) is 7.52. The predicted octanol–water partition coefficient (Wildman–Crippen LogP) is 1.80. The van der Waals surface area contributed by atoms with E-state index in [0.717, 1.165) is 37.3 Å². The molecule has 5 rings (SSSR count). The summed E-state index contributed by atoms with van der Waals surface area (Å²) in [5, 5.41) is 5.94. The number of likely N-dealkylation sites (tertiary alicyclic amines) is 1. The first-order chi connectivity index (χ1) is 15.1. The first kappa shape index (κ1) is 20.6. The smallest absolute Gasteiger partial charge is 0.255 e. The number of hydrogen-bond acceptors (Lipinski definition) is 5. The van der Waals surface area contributed by atoms with E-state index in [9.17, 15) is 14.4 Å². The number of amides is 3. The summed E-state index contributed by atoms with van der Waals surface area (Å²) >= 11 is 0. The highest BCUT2D eigenvalue weighted by atomic mass is 16.2. The van der Waals surface area contributed by atoms with E-state index >= 15 is 0 Å². The molecule has 0 bridgehead atoms. The van der Waals surface area contributed by atoms with Gasteiger partial charge in [0, 0.05) is 31.1 Å². The van der Waals surface area contributed by atoms with Crippen molar-refractivity contribution in [2.45, 2.75) is 70.1 Å². The summed E-state index contributed by atoms with van der Waals surface area (Å²) in [6.45, 7) is 4.69. The Hall–Kier alpha value is -2.25. The molecule has 3 fully saturated rings. The van der Waals surface area contributed by atoms with E-state index in [1.54, 1.807) is 4.90 Å². The number of fused-ring (bicyclic) bond motifs is 1. The van der Waals surface area contributed by atoms with E-state index in [2.05, 4.69) is 27.7 Å². The number of imide groups is 1. The molecule has 3 unspecified atom stereocenters. The maximum atomic E-state index is 13.1. The minimum Gasteiger partial charge on any atom is -0.322 e. The first-order valence-corrected chi connectivity index (χ1v) is 11.8. The zero-order valence-electron chi connectivity index (χ0n) is 18.1. The second-order valence-corrected chi connectivity index (χ2v) is 9.53. The van der Waals surface area contributed by atoms with E-state index < -0.39 is 6.04 Å². The number of nitrogens with one attached hydrogen (secondary N) is 2. The van der Waals surface area contributed by atoms with Crippen LogP contribution in [0.4, 0.5) is 0 Å². The van der Waals surface area contributed by atoms with Crippen molar-refractivity contribution in [1.29, 1.82) is 0 Å². The Morgan fingerprint density at radius 1 is 1.03 bits per heavy atom. The third kappa shape index (κ3) is 4.13. The summed E-state index contributed by atoms with van der Waals surface area (Å²) in [6.07, 6.45) is 7.07. The van der Waals surface area contributed by atoms with Crippen LogP contribution < -0.4 is 10.6 Å². The van der Waals surface area contributed by atoms with Gasteiger partial charge >= 0.3 is 0 Å². The Kier molecular flexibility index (Phi) is 5.80. The summed E-state index contributed by atoms with van der Waals surface area (Å²) in [4.78, 5) is 41.1. The van der Waals surface area contributed by atoms with Crippen LogP contribution >= 0.6 is 0 Å². The molecule has 7 nitrogen and oxygen atoms in total. The topological polar surface area (TPSA) is 81.8 Å². The molecule has 3 amide bonds. The molecule has 0 aliphatic carbocycles. The van der Waals surface area contributed by atoms with Crippen molar-refractivity contribution in [2.24, 2.45) is 5.92 Å². The lowest BCUT2D eigenvalue weighted by Gasteiger charge is -2.42. The molecule has 31 heavy (non-hydrogen) atoms. The fourth-order valence-electron chi connectivity index (χ4n) is 5.89. The van der Waals surface area contributed by atoms with E-state index in [1.165, 1.54) is 37.7 Å². The van der Waals surface area contributed by atoms with E-state index in [-0.39, 0.29) is 24.1 Å². The monoisotopic (exact) mass is 424 g/mol. The molecule has 3 saturated heterocycles. The molecule has 1 aromatic carbocycles. The van der Waals surface area contributed by atoms with E-state index in [1.807, 2.05) is 6.07 Å². The van der Waals surface area contributed by atoms with Crippen LogP contribution in [0.25, 0.3) is 0 Å². The molecule has 166 valence electrons. The third-order valence-electron chi connectivity index (χ3n) is 7.52. The fourth-order valence-corrected chi connectivity index (χ4v) is 5.89. The first-order valence-electron chi connectivity index (χ1n) is 11.8. The average molecular weight is 425 g/mol. The van der Waals surface area contributed by atoms with Crippen molar-refractivity contribution >= 4 is 17.7 Å². The van der Waals surface area contributed by atoms with Crippen LogP contribution in [-0.2, 0) is 22.7 Å². The van der Waals surface area contributed by atoms with Crippen LogP contribution in [-0.4, -0.2) is 59.2 Å². The molecule has 3 atom stereocenters. The van der Waals surface area contributed by atoms with Gasteiger partial charge in [-0.25, -0.2) is 0 Å². The molecule has 0 radical (unpaired) electrons. The molecule has 4 aliphatic heterocycles. The fraction of sp³-hybridized carbons (Fsp3) is 0.625. The number of hydrogen-bond donors (Lipinski definition) is 2. The van der Waals surface area contributed by atoms with Crippen molar-refractivity contribution in [3.8, 4) is 0 Å². The molecule has 0 saturated carbocycles. The largest absolute Gasteiger partial charge is 0.322 e. The lowest BCUT2D eigenvalue weighted by molar-refractivity contribution is -0.136. The summed E-state index contributed by atoms with van der Waals surface area (Å²) in [5.41, 5.74) is 2.87. The van der Waals surface area contributed by atoms with Gasteiger partial charge < -0.3 is 10.2 Å². The van der Waals surface area contributed by atoms with Crippen LogP contribution in [0.1, 0.15) is 66.4 Å². The second-order valence-electron chi connectivity index (χ2n) is 9.53. The molecule has 4 aliphatic rings. The quantitative estimate of drug-likeness (QED) is 0.721. The Balaban J connectivity index is 1.30. The van der Waals surface area contributed by atoms with Gasteiger partial charge in [-0.1, -0.05) is 18.6 Å². The lowest BCUT2D eigenvalue weighted by atomic mass is 9.85. The highest BCUT2D eigenvalue weighted by Crippen LogP contribution is 2.31. The lowest BCUT2D eigenvalue weighted by Crippen LogP contribution is -2.52. The van der Waals surface area contributed by atoms with Crippen LogP contribution in [0.15, 0.2) is 18.2 Å². The Labute approximate surface area is 183 Å². The number of rotatable bonds is 4. The van der Waals surface area contributed by atoms with Crippen molar-refractivity contribution in [3.05, 3.63) is 34.9 Å². The van der Waals surface area contributed by atoms with E-state index in [4.69, 9.17) is 0 Å². The zero-order valence-corrected chi connectivity index (χ0v) is 18.1. The minimum absolute atomic E-state index is 0.0852. The highest BCUT2D eigenvalue weighted by molar-refractivity contribution is 6.05. The van der Waals surface area contributed by atoms with E-state index in [0.29, 0.717) is 24.9 Å². The zero-order chi connectivity index (χ0) is 21.4. The molecular weight excluding hydrogens is 392 g/mol. The van der Waals surface area contributed by atoms with Crippen molar-refractivity contribution in [1.82, 2.24) is 20.4 Å². The Bertz CT molecular complexity index is 880. The van der Waals surface area contributed by atoms with Gasteiger partial charge in [0.2, 0.25) is 11.8 Å². The molecule has 4 heterocycles. The number of nitrogens with zero attached hydrogens (tertiary/aromatic N) is 2. The second kappa shape index (κ2) is 8.71. The summed E-state index contributed by atoms with van der Waals surface area (Å²) in [7, 11) is 0. The van der Waals surface area contributed by atoms with Crippen molar-refractivity contribution in [3.63, 3.8) is 0 Å². The molecule has 7 heteroatoms. The highest BCUT2D eigenvalue weighted by Gasteiger charge is 2.39. The van der Waals surface area contributed by atoms with Crippen molar-refractivity contribution in [2.75, 3.05) is 19.6 Å². The molecule has 0 spiro atoms.